The highest BCUT2D eigenvalue weighted by Gasteiger charge is 2.60. The monoisotopic (exact) mass is 292 g/mol. The van der Waals surface area contributed by atoms with E-state index in [0.29, 0.717) is 12.8 Å². The van der Waals surface area contributed by atoms with Crippen LogP contribution in [0.5, 0.6) is 0 Å². The summed E-state index contributed by atoms with van der Waals surface area (Å²) in [6.07, 6.45) is 3.91. The fourth-order valence-corrected chi connectivity index (χ4v) is 3.73. The highest BCUT2D eigenvalue weighted by Crippen LogP contribution is 2.57. The first-order valence-corrected chi connectivity index (χ1v) is 7.67. The maximum Gasteiger partial charge on any atom is 0.323 e. The molecule has 4 nitrogen and oxygen atoms in total. The molecule has 2 atom stereocenters. The Balaban J connectivity index is 2.34. The predicted molar refractivity (Wildman–Crippen MR) is 79.4 cm³/mol. The molecule has 0 bridgehead atoms. The van der Waals surface area contributed by atoms with Crippen molar-refractivity contribution in [2.75, 3.05) is 13.2 Å². The molecular weight excluding hydrogens is 268 g/mol. The van der Waals surface area contributed by atoms with Gasteiger partial charge in [-0.05, 0) is 51.9 Å². The summed E-state index contributed by atoms with van der Waals surface area (Å²) in [6, 6.07) is 0. The van der Waals surface area contributed by atoms with E-state index in [1.54, 1.807) is 13.8 Å². The number of allylic oxidation sites excluding steroid dienone is 3. The van der Waals surface area contributed by atoms with Crippen molar-refractivity contribution >= 4 is 11.9 Å². The van der Waals surface area contributed by atoms with Gasteiger partial charge in [-0.2, -0.15) is 0 Å². The van der Waals surface area contributed by atoms with Crippen LogP contribution in [0, 0.1) is 17.3 Å². The number of fused-ring (bicyclic) bond motifs is 1. The molecule has 116 valence electrons. The molecule has 0 saturated heterocycles. The predicted octanol–water partition coefficient (Wildman–Crippen LogP) is 3.03. The molecule has 2 fully saturated rings. The number of hydrogen-bond donors (Lipinski definition) is 0. The van der Waals surface area contributed by atoms with Gasteiger partial charge in [0.2, 0.25) is 0 Å². The van der Waals surface area contributed by atoms with Crippen molar-refractivity contribution < 1.29 is 19.1 Å². The molecule has 0 amide bonds. The smallest absolute Gasteiger partial charge is 0.323 e. The first kappa shape index (κ1) is 15.8. The molecule has 2 saturated carbocycles. The van der Waals surface area contributed by atoms with Crippen molar-refractivity contribution in [3.05, 3.63) is 23.8 Å². The number of ether oxygens (including phenoxy) is 2. The molecule has 2 rings (SSSR count). The van der Waals surface area contributed by atoms with Crippen LogP contribution in [0.25, 0.3) is 0 Å². The second kappa shape index (κ2) is 6.04. The van der Waals surface area contributed by atoms with Gasteiger partial charge in [-0.15, -0.1) is 0 Å². The quantitative estimate of drug-likeness (QED) is 0.454. The lowest BCUT2D eigenvalue weighted by molar-refractivity contribution is -0.172. The second-order valence-corrected chi connectivity index (χ2v) is 5.84. The van der Waals surface area contributed by atoms with E-state index in [2.05, 4.69) is 12.7 Å². The van der Waals surface area contributed by atoms with Crippen LogP contribution in [0.1, 0.15) is 40.0 Å². The van der Waals surface area contributed by atoms with Gasteiger partial charge in [-0.1, -0.05) is 23.8 Å². The molecule has 4 heteroatoms. The summed E-state index contributed by atoms with van der Waals surface area (Å²) in [6.45, 7) is 10.2. The molecule has 0 aromatic carbocycles. The summed E-state index contributed by atoms with van der Waals surface area (Å²) in [5.41, 5.74) is 1.24. The Bertz CT molecular complexity index is 471. The van der Waals surface area contributed by atoms with E-state index < -0.39 is 17.4 Å². The molecule has 0 aliphatic heterocycles. The fourth-order valence-electron chi connectivity index (χ4n) is 3.73. The molecule has 2 aliphatic carbocycles. The third-order valence-corrected chi connectivity index (χ3v) is 4.76. The van der Waals surface area contributed by atoms with Crippen molar-refractivity contribution in [3.8, 4) is 0 Å². The zero-order valence-electron chi connectivity index (χ0n) is 13.1. The minimum atomic E-state index is -1.15. The maximum absolute atomic E-state index is 12.4. The van der Waals surface area contributed by atoms with Gasteiger partial charge in [-0.3, -0.25) is 9.59 Å². The Labute approximate surface area is 126 Å². The zero-order valence-corrected chi connectivity index (χ0v) is 13.1. The van der Waals surface area contributed by atoms with Crippen LogP contribution in [0.4, 0.5) is 0 Å². The van der Waals surface area contributed by atoms with Crippen molar-refractivity contribution in [1.82, 2.24) is 0 Å². The van der Waals surface area contributed by atoms with Crippen LogP contribution in [0.3, 0.4) is 0 Å². The van der Waals surface area contributed by atoms with Crippen LogP contribution in [-0.4, -0.2) is 25.2 Å². The van der Waals surface area contributed by atoms with Gasteiger partial charge >= 0.3 is 11.9 Å². The van der Waals surface area contributed by atoms with Gasteiger partial charge in [0.15, 0.2) is 5.41 Å². The van der Waals surface area contributed by atoms with E-state index in [1.165, 1.54) is 5.57 Å². The van der Waals surface area contributed by atoms with Crippen LogP contribution in [0.2, 0.25) is 0 Å². The third kappa shape index (κ3) is 2.52. The van der Waals surface area contributed by atoms with E-state index in [0.717, 1.165) is 12.0 Å². The average Bonchev–Trinajstić information content (AvgIpc) is 2.98. The minimum Gasteiger partial charge on any atom is -0.465 e. The van der Waals surface area contributed by atoms with Crippen molar-refractivity contribution in [2.24, 2.45) is 17.3 Å². The second-order valence-electron chi connectivity index (χ2n) is 5.84. The van der Waals surface area contributed by atoms with Gasteiger partial charge < -0.3 is 9.47 Å². The Morgan fingerprint density at radius 3 is 2.19 bits per heavy atom. The van der Waals surface area contributed by atoms with Crippen molar-refractivity contribution in [2.45, 2.75) is 40.0 Å². The average molecular weight is 292 g/mol. The van der Waals surface area contributed by atoms with Gasteiger partial charge in [0.05, 0.1) is 13.2 Å². The molecule has 0 radical (unpaired) electrons. The number of carbonyl (C=O) groups excluding carboxylic acids is 2. The third-order valence-electron chi connectivity index (χ3n) is 4.76. The molecule has 0 aromatic rings. The lowest BCUT2D eigenvalue weighted by atomic mass is 9.82. The Morgan fingerprint density at radius 2 is 1.71 bits per heavy atom. The SMILES string of the molecule is C=C1C/C(=C/C)[C@@H]2CC(C(=O)OCC)(C(=O)OCC)C[C@@H]12. The molecule has 0 spiro atoms. The molecule has 0 aromatic heterocycles. The van der Waals surface area contributed by atoms with Gasteiger partial charge in [-0.25, -0.2) is 0 Å². The summed E-state index contributed by atoms with van der Waals surface area (Å²) < 4.78 is 10.4. The largest absolute Gasteiger partial charge is 0.465 e. The molecule has 2 aliphatic rings. The molecular formula is C17H24O4. The van der Waals surface area contributed by atoms with Crippen molar-refractivity contribution in [1.29, 1.82) is 0 Å². The molecule has 21 heavy (non-hydrogen) atoms. The van der Waals surface area contributed by atoms with E-state index in [-0.39, 0.29) is 25.0 Å². The van der Waals surface area contributed by atoms with E-state index in [1.807, 2.05) is 6.92 Å². The Hall–Kier alpha value is -1.58. The summed E-state index contributed by atoms with van der Waals surface area (Å²) in [5, 5.41) is 0. The Kier molecular flexibility index (Phi) is 4.55. The van der Waals surface area contributed by atoms with Crippen LogP contribution < -0.4 is 0 Å². The first-order valence-electron chi connectivity index (χ1n) is 7.67. The number of rotatable bonds is 4. The Morgan fingerprint density at radius 1 is 1.19 bits per heavy atom. The zero-order chi connectivity index (χ0) is 15.6. The standard InChI is InChI=1S/C17H24O4/c1-5-12-8-11(4)13-9-17(10-14(12)13,15(18)20-6-2)16(19)21-7-3/h5,13-14H,4,6-10H2,1-3H3/b12-5-/t13-,14-/m0/s1. The summed E-state index contributed by atoms with van der Waals surface area (Å²) in [4.78, 5) is 24.9. The normalized spacial score (nSPS) is 28.5. The lowest BCUT2D eigenvalue weighted by Gasteiger charge is -2.25. The van der Waals surface area contributed by atoms with Gasteiger partial charge in [0, 0.05) is 0 Å². The number of carbonyl (C=O) groups is 2. The maximum atomic E-state index is 12.4. The van der Waals surface area contributed by atoms with E-state index in [4.69, 9.17) is 9.47 Å². The number of esters is 2. The molecule has 0 unspecified atom stereocenters. The van der Waals surface area contributed by atoms with Crippen LogP contribution in [-0.2, 0) is 19.1 Å². The van der Waals surface area contributed by atoms with Crippen LogP contribution >= 0.6 is 0 Å². The molecule has 0 N–H and O–H groups in total. The van der Waals surface area contributed by atoms with E-state index in [9.17, 15) is 9.59 Å². The lowest BCUT2D eigenvalue weighted by Crippen LogP contribution is -2.40. The summed E-state index contributed by atoms with van der Waals surface area (Å²) in [7, 11) is 0. The van der Waals surface area contributed by atoms with E-state index >= 15 is 0 Å². The summed E-state index contributed by atoms with van der Waals surface area (Å²) in [5.74, 6) is -0.483. The first-order chi connectivity index (χ1) is 10.00. The fraction of sp³-hybridized carbons (Fsp3) is 0.647. The molecule has 0 heterocycles. The highest BCUT2D eigenvalue weighted by molar-refractivity contribution is 6.00. The minimum absolute atomic E-state index is 0.185. The van der Waals surface area contributed by atoms with Gasteiger partial charge in [0.25, 0.3) is 0 Å². The van der Waals surface area contributed by atoms with Crippen LogP contribution in [0.15, 0.2) is 23.8 Å². The summed E-state index contributed by atoms with van der Waals surface area (Å²) >= 11 is 0. The number of hydrogen-bond acceptors (Lipinski definition) is 4. The van der Waals surface area contributed by atoms with Gasteiger partial charge in [0.1, 0.15) is 0 Å². The van der Waals surface area contributed by atoms with Crippen molar-refractivity contribution in [3.63, 3.8) is 0 Å². The highest BCUT2D eigenvalue weighted by atomic mass is 16.6. The topological polar surface area (TPSA) is 52.6 Å².